The zero-order valence-electron chi connectivity index (χ0n) is 16.2. The minimum absolute atomic E-state index is 0.0237. The smallest absolute Gasteiger partial charge is 0.221 e. The Morgan fingerprint density at radius 1 is 1.07 bits per heavy atom. The molecule has 0 aliphatic heterocycles. The quantitative estimate of drug-likeness (QED) is 0.621. The van der Waals surface area contributed by atoms with Crippen LogP contribution in [0.2, 0.25) is 0 Å². The first-order valence-electron chi connectivity index (χ1n) is 10.0. The van der Waals surface area contributed by atoms with Gasteiger partial charge in [-0.05, 0) is 30.5 Å². The first-order chi connectivity index (χ1) is 14.0. The largest absolute Gasteiger partial charge is 0.352 e. The van der Waals surface area contributed by atoms with Crippen LogP contribution in [0.1, 0.15) is 37.7 Å². The maximum atomic E-state index is 12.3. The fraction of sp³-hybridized carbons (Fsp3) is 0.364. The number of para-hydroxylation sites is 2. The molecule has 6 nitrogen and oxygen atoms in total. The summed E-state index contributed by atoms with van der Waals surface area (Å²) in [5, 5.41) is 2.57. The molecule has 0 saturated heterocycles. The number of sulfone groups is 1. The standard InChI is InChI=1S/C22H25N3O3S/c26-21(13-14-29(27,28)18-5-1-2-6-18)23-15-16-9-11-17(12-10-16)22-24-19-7-3-4-8-20(19)25-22/h3-4,7-12,18H,1-2,5-6,13-15H2,(H,23,26)(H,24,25). The van der Waals surface area contributed by atoms with Crippen LogP contribution < -0.4 is 5.32 Å². The van der Waals surface area contributed by atoms with Gasteiger partial charge in [-0.25, -0.2) is 13.4 Å². The summed E-state index contributed by atoms with van der Waals surface area (Å²) in [7, 11) is -3.16. The number of imidazole rings is 1. The van der Waals surface area contributed by atoms with Crippen LogP contribution in [0.3, 0.4) is 0 Å². The Morgan fingerprint density at radius 3 is 2.52 bits per heavy atom. The molecule has 1 aliphatic rings. The van der Waals surface area contributed by atoms with Crippen LogP contribution in [0, 0.1) is 0 Å². The van der Waals surface area contributed by atoms with Crippen molar-refractivity contribution in [2.45, 2.75) is 43.9 Å². The van der Waals surface area contributed by atoms with Crippen LogP contribution in [0.25, 0.3) is 22.4 Å². The summed E-state index contributed by atoms with van der Waals surface area (Å²) < 4.78 is 24.5. The Kier molecular flexibility index (Phi) is 5.67. The van der Waals surface area contributed by atoms with E-state index < -0.39 is 9.84 Å². The van der Waals surface area contributed by atoms with E-state index in [0.717, 1.165) is 53.7 Å². The number of fused-ring (bicyclic) bond motifs is 1. The average Bonchev–Trinajstić information content (AvgIpc) is 3.41. The Morgan fingerprint density at radius 2 is 1.79 bits per heavy atom. The Hall–Kier alpha value is -2.67. The van der Waals surface area contributed by atoms with Gasteiger partial charge in [0.2, 0.25) is 5.91 Å². The van der Waals surface area contributed by atoms with E-state index >= 15 is 0 Å². The number of benzene rings is 2. The van der Waals surface area contributed by atoms with Gasteiger partial charge in [0.25, 0.3) is 0 Å². The zero-order chi connectivity index (χ0) is 20.3. The van der Waals surface area contributed by atoms with E-state index in [1.807, 2.05) is 48.5 Å². The first-order valence-corrected chi connectivity index (χ1v) is 11.8. The van der Waals surface area contributed by atoms with Crippen LogP contribution in [0.4, 0.5) is 0 Å². The SMILES string of the molecule is O=C(CCS(=O)(=O)C1CCCC1)NCc1ccc(-c2nc3ccccc3[nH]2)cc1. The van der Waals surface area contributed by atoms with Crippen LogP contribution in [-0.4, -0.2) is 35.3 Å². The monoisotopic (exact) mass is 411 g/mol. The highest BCUT2D eigenvalue weighted by molar-refractivity contribution is 7.92. The van der Waals surface area contributed by atoms with E-state index in [0.29, 0.717) is 6.54 Å². The lowest BCUT2D eigenvalue weighted by Gasteiger charge is -2.11. The number of hydrogen-bond donors (Lipinski definition) is 2. The maximum Gasteiger partial charge on any atom is 0.221 e. The summed E-state index contributed by atoms with van der Waals surface area (Å²) >= 11 is 0. The van der Waals surface area contributed by atoms with E-state index in [4.69, 9.17) is 0 Å². The zero-order valence-corrected chi connectivity index (χ0v) is 17.0. The minimum Gasteiger partial charge on any atom is -0.352 e. The normalized spacial score (nSPS) is 15.0. The van der Waals surface area contributed by atoms with Crippen molar-refractivity contribution in [3.63, 3.8) is 0 Å². The molecule has 0 atom stereocenters. The van der Waals surface area contributed by atoms with Gasteiger partial charge in [0.05, 0.1) is 22.0 Å². The molecule has 2 N–H and O–H groups in total. The van der Waals surface area contributed by atoms with Crippen molar-refractivity contribution < 1.29 is 13.2 Å². The number of nitrogens with one attached hydrogen (secondary N) is 2. The lowest BCUT2D eigenvalue weighted by Crippen LogP contribution is -2.28. The van der Waals surface area contributed by atoms with Gasteiger partial charge in [-0.15, -0.1) is 0 Å². The predicted octanol–water partition coefficient (Wildman–Crippen LogP) is 3.59. The summed E-state index contributed by atoms with van der Waals surface area (Å²) in [6, 6.07) is 15.7. The second kappa shape index (κ2) is 8.37. The molecule has 4 rings (SSSR count). The van der Waals surface area contributed by atoms with Crippen molar-refractivity contribution in [2.24, 2.45) is 0 Å². The van der Waals surface area contributed by atoms with Gasteiger partial charge in [0.1, 0.15) is 5.82 Å². The van der Waals surface area contributed by atoms with Crippen molar-refractivity contribution in [3.8, 4) is 11.4 Å². The van der Waals surface area contributed by atoms with E-state index in [2.05, 4.69) is 15.3 Å². The second-order valence-corrected chi connectivity index (χ2v) is 10.0. The fourth-order valence-corrected chi connectivity index (χ4v) is 5.66. The number of aromatic nitrogens is 2. The van der Waals surface area contributed by atoms with Crippen LogP contribution >= 0.6 is 0 Å². The van der Waals surface area contributed by atoms with Gasteiger partial charge < -0.3 is 10.3 Å². The van der Waals surface area contributed by atoms with Gasteiger partial charge in [-0.1, -0.05) is 49.2 Å². The molecular formula is C22H25N3O3S. The fourth-order valence-electron chi connectivity index (χ4n) is 3.81. The first kappa shape index (κ1) is 19.6. The highest BCUT2D eigenvalue weighted by Crippen LogP contribution is 2.25. The van der Waals surface area contributed by atoms with Crippen molar-refractivity contribution in [2.75, 3.05) is 5.75 Å². The third kappa shape index (κ3) is 4.67. The van der Waals surface area contributed by atoms with Crippen molar-refractivity contribution in [1.29, 1.82) is 0 Å². The van der Waals surface area contributed by atoms with Gasteiger partial charge >= 0.3 is 0 Å². The number of hydrogen-bond acceptors (Lipinski definition) is 4. The Labute approximate surface area is 170 Å². The highest BCUT2D eigenvalue weighted by Gasteiger charge is 2.28. The molecule has 0 unspecified atom stereocenters. The van der Waals surface area contributed by atoms with Crippen molar-refractivity contribution in [3.05, 3.63) is 54.1 Å². The molecule has 152 valence electrons. The summed E-state index contributed by atoms with van der Waals surface area (Å²) in [5.41, 5.74) is 3.84. The Balaban J connectivity index is 1.30. The molecule has 0 bridgehead atoms. The highest BCUT2D eigenvalue weighted by atomic mass is 32.2. The predicted molar refractivity (Wildman–Crippen MR) is 114 cm³/mol. The molecule has 1 saturated carbocycles. The number of rotatable bonds is 7. The molecular weight excluding hydrogens is 386 g/mol. The molecule has 1 aromatic heterocycles. The second-order valence-electron chi connectivity index (χ2n) is 7.60. The molecule has 7 heteroatoms. The van der Waals surface area contributed by atoms with Crippen molar-refractivity contribution >= 4 is 26.8 Å². The lowest BCUT2D eigenvalue weighted by molar-refractivity contribution is -0.120. The van der Waals surface area contributed by atoms with E-state index in [9.17, 15) is 13.2 Å². The Bertz CT molecular complexity index is 1060. The molecule has 1 amide bonds. The third-order valence-electron chi connectivity index (χ3n) is 5.53. The van der Waals surface area contributed by atoms with Gasteiger partial charge in [0.15, 0.2) is 9.84 Å². The summed E-state index contributed by atoms with van der Waals surface area (Å²) in [4.78, 5) is 20.0. The number of carbonyl (C=O) groups is 1. The number of aromatic amines is 1. The van der Waals surface area contributed by atoms with Crippen LogP contribution in [0.5, 0.6) is 0 Å². The minimum atomic E-state index is -3.16. The van der Waals surface area contributed by atoms with E-state index in [-0.39, 0.29) is 23.3 Å². The molecule has 1 aliphatic carbocycles. The lowest BCUT2D eigenvalue weighted by atomic mass is 10.1. The molecule has 1 fully saturated rings. The summed E-state index contributed by atoms with van der Waals surface area (Å²) in [6.45, 7) is 0.378. The molecule has 0 spiro atoms. The van der Waals surface area contributed by atoms with Gasteiger partial charge in [0, 0.05) is 18.5 Å². The third-order valence-corrected chi connectivity index (χ3v) is 7.79. The average molecular weight is 412 g/mol. The van der Waals surface area contributed by atoms with Crippen molar-refractivity contribution in [1.82, 2.24) is 15.3 Å². The summed E-state index contributed by atoms with van der Waals surface area (Å²) in [5.74, 6) is 0.515. The molecule has 3 aromatic rings. The molecule has 29 heavy (non-hydrogen) atoms. The van der Waals surface area contributed by atoms with Gasteiger partial charge in [-0.3, -0.25) is 4.79 Å². The molecule has 2 aromatic carbocycles. The molecule has 0 radical (unpaired) electrons. The molecule has 1 heterocycles. The number of H-pyrrole nitrogens is 1. The summed E-state index contributed by atoms with van der Waals surface area (Å²) in [6.07, 6.45) is 3.44. The topological polar surface area (TPSA) is 91.9 Å². The van der Waals surface area contributed by atoms with Crippen LogP contribution in [-0.2, 0) is 21.2 Å². The van der Waals surface area contributed by atoms with Gasteiger partial charge in [-0.2, -0.15) is 0 Å². The van der Waals surface area contributed by atoms with E-state index in [1.54, 1.807) is 0 Å². The number of carbonyl (C=O) groups excluding carboxylic acids is 1. The van der Waals surface area contributed by atoms with Crippen LogP contribution in [0.15, 0.2) is 48.5 Å². The number of amides is 1. The van der Waals surface area contributed by atoms with E-state index in [1.165, 1.54) is 0 Å². The number of nitrogens with zero attached hydrogens (tertiary/aromatic N) is 1. The maximum absolute atomic E-state index is 12.3.